The summed E-state index contributed by atoms with van der Waals surface area (Å²) in [5, 5.41) is 3.71. The first kappa shape index (κ1) is 15.6. The average molecular weight is 320 g/mol. The van der Waals surface area contributed by atoms with Crippen molar-refractivity contribution in [1.82, 2.24) is 5.32 Å². The van der Waals surface area contributed by atoms with Gasteiger partial charge in [0.25, 0.3) is 0 Å². The van der Waals surface area contributed by atoms with Gasteiger partial charge < -0.3 is 5.32 Å². The molecule has 1 nitrogen and oxygen atoms in total. The van der Waals surface area contributed by atoms with Crippen LogP contribution >= 0.6 is 34.5 Å². The molecule has 0 aromatic carbocycles. The molecule has 1 unspecified atom stereocenters. The average Bonchev–Trinajstić information content (AvgIpc) is 2.70. The van der Waals surface area contributed by atoms with Crippen LogP contribution in [-0.2, 0) is 0 Å². The third-order valence-electron chi connectivity index (χ3n) is 4.29. The Morgan fingerprint density at radius 1 is 1.32 bits per heavy atom. The normalized spacial score (nSPS) is 20.4. The predicted octanol–water partition coefficient (Wildman–Crippen LogP) is 6.07. The Bertz CT molecular complexity index is 410. The Kier molecular flexibility index (Phi) is 5.59. The maximum absolute atomic E-state index is 6.39. The van der Waals surface area contributed by atoms with E-state index in [4.69, 9.17) is 23.2 Å². The van der Waals surface area contributed by atoms with Gasteiger partial charge in [-0.3, -0.25) is 0 Å². The van der Waals surface area contributed by atoms with Crippen LogP contribution in [0.4, 0.5) is 0 Å². The monoisotopic (exact) mass is 319 g/mol. The van der Waals surface area contributed by atoms with Gasteiger partial charge in [-0.2, -0.15) is 0 Å². The quantitative estimate of drug-likeness (QED) is 0.694. The molecule has 0 amide bonds. The lowest BCUT2D eigenvalue weighted by molar-refractivity contribution is 0.145. The molecule has 1 N–H and O–H groups in total. The summed E-state index contributed by atoms with van der Waals surface area (Å²) in [7, 11) is 0. The van der Waals surface area contributed by atoms with Crippen LogP contribution in [-0.4, -0.2) is 6.54 Å². The maximum atomic E-state index is 6.39. The van der Waals surface area contributed by atoms with E-state index < -0.39 is 0 Å². The summed E-state index contributed by atoms with van der Waals surface area (Å²) < 4.78 is 1.65. The van der Waals surface area contributed by atoms with Gasteiger partial charge in [0.1, 0.15) is 0 Å². The highest BCUT2D eigenvalue weighted by atomic mass is 35.5. The minimum atomic E-state index is 0.307. The van der Waals surface area contributed by atoms with Crippen LogP contribution in [0.2, 0.25) is 8.67 Å². The largest absolute Gasteiger partial charge is 0.309 e. The molecule has 1 saturated carbocycles. The predicted molar refractivity (Wildman–Crippen MR) is 86.6 cm³/mol. The molecule has 1 aromatic rings. The lowest BCUT2D eigenvalue weighted by Gasteiger charge is -2.41. The van der Waals surface area contributed by atoms with Crippen molar-refractivity contribution >= 4 is 34.5 Å². The van der Waals surface area contributed by atoms with E-state index in [-0.39, 0.29) is 0 Å². The third-order valence-corrected chi connectivity index (χ3v) is 5.80. The number of hydrogen-bond donors (Lipinski definition) is 1. The number of thiophene rings is 1. The molecule has 1 heterocycles. The van der Waals surface area contributed by atoms with Crippen molar-refractivity contribution in [3.8, 4) is 0 Å². The zero-order valence-electron chi connectivity index (χ0n) is 11.8. The van der Waals surface area contributed by atoms with Crippen molar-refractivity contribution < 1.29 is 0 Å². The van der Waals surface area contributed by atoms with E-state index in [9.17, 15) is 0 Å². The van der Waals surface area contributed by atoms with Crippen LogP contribution in [0.5, 0.6) is 0 Å². The minimum absolute atomic E-state index is 0.307. The summed E-state index contributed by atoms with van der Waals surface area (Å²) in [4.78, 5) is 0. The van der Waals surface area contributed by atoms with Crippen molar-refractivity contribution in [3.63, 3.8) is 0 Å². The smallest absolute Gasteiger partial charge is 0.0992 e. The maximum Gasteiger partial charge on any atom is 0.0992 e. The summed E-state index contributed by atoms with van der Waals surface area (Å²) >= 11 is 14.0. The summed E-state index contributed by atoms with van der Waals surface area (Å²) in [6, 6.07) is 2.39. The van der Waals surface area contributed by atoms with E-state index >= 15 is 0 Å². The molecule has 1 aromatic heterocycles. The number of rotatable bonds is 5. The summed E-state index contributed by atoms with van der Waals surface area (Å²) in [6.45, 7) is 5.64. The van der Waals surface area contributed by atoms with E-state index in [1.165, 1.54) is 49.0 Å². The fourth-order valence-corrected chi connectivity index (χ4v) is 4.75. The Morgan fingerprint density at radius 3 is 2.53 bits per heavy atom. The van der Waals surface area contributed by atoms with Crippen molar-refractivity contribution in [2.24, 2.45) is 5.41 Å². The van der Waals surface area contributed by atoms with Gasteiger partial charge in [0.2, 0.25) is 0 Å². The fourth-order valence-electron chi connectivity index (χ4n) is 3.22. The highest BCUT2D eigenvalue weighted by Crippen LogP contribution is 2.49. The standard InChI is InChI=1S/C15H23Cl2NS/c1-3-9-18-13(11-10-12(16)19-14(11)17)15(2)7-5-4-6-8-15/h10,13,18H,3-9H2,1-2H3. The van der Waals surface area contributed by atoms with Crippen LogP contribution in [0.25, 0.3) is 0 Å². The van der Waals surface area contributed by atoms with Gasteiger partial charge >= 0.3 is 0 Å². The Morgan fingerprint density at radius 2 is 2.00 bits per heavy atom. The van der Waals surface area contributed by atoms with Gasteiger partial charge in [-0.25, -0.2) is 0 Å². The number of hydrogen-bond acceptors (Lipinski definition) is 2. The minimum Gasteiger partial charge on any atom is -0.309 e. The molecule has 4 heteroatoms. The van der Waals surface area contributed by atoms with E-state index in [0.717, 1.165) is 21.6 Å². The fraction of sp³-hybridized carbons (Fsp3) is 0.733. The van der Waals surface area contributed by atoms with Crippen molar-refractivity contribution in [1.29, 1.82) is 0 Å². The lowest BCUT2D eigenvalue weighted by atomic mass is 9.69. The molecule has 1 aliphatic carbocycles. The molecule has 1 fully saturated rings. The highest BCUT2D eigenvalue weighted by Gasteiger charge is 2.37. The molecule has 0 bridgehead atoms. The van der Waals surface area contributed by atoms with Crippen LogP contribution in [0.1, 0.15) is 64.0 Å². The van der Waals surface area contributed by atoms with Gasteiger partial charge in [0, 0.05) is 11.6 Å². The second-order valence-electron chi connectivity index (χ2n) is 5.88. The summed E-state index contributed by atoms with van der Waals surface area (Å²) in [5.41, 5.74) is 1.51. The molecule has 0 saturated heterocycles. The molecular weight excluding hydrogens is 297 g/mol. The molecular formula is C15H23Cl2NS. The molecule has 19 heavy (non-hydrogen) atoms. The first-order valence-electron chi connectivity index (χ1n) is 7.25. The molecule has 0 radical (unpaired) electrons. The van der Waals surface area contributed by atoms with Crippen LogP contribution in [0, 0.1) is 5.41 Å². The molecule has 1 atom stereocenters. The molecule has 2 rings (SSSR count). The van der Waals surface area contributed by atoms with Crippen molar-refractivity contribution in [3.05, 3.63) is 20.3 Å². The summed E-state index contributed by atoms with van der Waals surface area (Å²) in [6.07, 6.45) is 7.72. The lowest BCUT2D eigenvalue weighted by Crippen LogP contribution is -2.38. The van der Waals surface area contributed by atoms with Gasteiger partial charge in [0.15, 0.2) is 0 Å². The molecule has 0 aliphatic heterocycles. The van der Waals surface area contributed by atoms with Crippen LogP contribution < -0.4 is 5.32 Å². The molecule has 1 aliphatic rings. The van der Waals surface area contributed by atoms with E-state index in [0.29, 0.717) is 11.5 Å². The van der Waals surface area contributed by atoms with Gasteiger partial charge in [-0.15, -0.1) is 11.3 Å². The van der Waals surface area contributed by atoms with Crippen molar-refractivity contribution in [2.75, 3.05) is 6.54 Å². The zero-order valence-corrected chi connectivity index (χ0v) is 14.1. The summed E-state index contributed by atoms with van der Waals surface area (Å²) in [5.74, 6) is 0. The first-order chi connectivity index (χ1) is 9.07. The SMILES string of the molecule is CCCNC(c1cc(Cl)sc1Cl)C1(C)CCCCC1. The van der Waals surface area contributed by atoms with Gasteiger partial charge in [0.05, 0.1) is 8.67 Å². The Labute approximate surface area is 130 Å². The highest BCUT2D eigenvalue weighted by molar-refractivity contribution is 7.20. The van der Waals surface area contributed by atoms with Crippen molar-refractivity contribution in [2.45, 2.75) is 58.4 Å². The second kappa shape index (κ2) is 6.80. The molecule has 108 valence electrons. The van der Waals surface area contributed by atoms with E-state index in [2.05, 4.69) is 25.2 Å². The van der Waals surface area contributed by atoms with E-state index in [1.807, 2.05) is 0 Å². The zero-order chi connectivity index (χ0) is 13.9. The first-order valence-corrected chi connectivity index (χ1v) is 8.82. The van der Waals surface area contributed by atoms with Gasteiger partial charge in [-0.05, 0) is 37.3 Å². The Balaban J connectivity index is 2.26. The topological polar surface area (TPSA) is 12.0 Å². The number of nitrogens with one attached hydrogen (secondary N) is 1. The van der Waals surface area contributed by atoms with Gasteiger partial charge in [-0.1, -0.05) is 56.3 Å². The Hall–Kier alpha value is 0.240. The second-order valence-corrected chi connectivity index (χ2v) is 8.17. The third kappa shape index (κ3) is 3.66. The number of halogens is 2. The van der Waals surface area contributed by atoms with E-state index in [1.54, 1.807) is 0 Å². The van der Waals surface area contributed by atoms with Crippen LogP contribution in [0.15, 0.2) is 6.07 Å². The van der Waals surface area contributed by atoms with Crippen LogP contribution in [0.3, 0.4) is 0 Å². The molecule has 0 spiro atoms.